The molecule has 3 aromatic rings. The van der Waals surface area contributed by atoms with Gasteiger partial charge in [0.1, 0.15) is 5.82 Å². The summed E-state index contributed by atoms with van der Waals surface area (Å²) in [5, 5.41) is 0. The monoisotopic (exact) mass is 248 g/mol. The first-order valence-corrected chi connectivity index (χ1v) is 6.41. The van der Waals surface area contributed by atoms with E-state index in [1.165, 1.54) is 5.56 Å². The van der Waals surface area contributed by atoms with E-state index < -0.39 is 0 Å². The summed E-state index contributed by atoms with van der Waals surface area (Å²) in [5.41, 5.74) is 4.45. The third-order valence-electron chi connectivity index (χ3n) is 3.22. The Bertz CT molecular complexity index is 723. The van der Waals surface area contributed by atoms with Crippen LogP contribution in [0.1, 0.15) is 18.3 Å². The van der Waals surface area contributed by atoms with E-state index in [9.17, 15) is 0 Å². The summed E-state index contributed by atoms with van der Waals surface area (Å²) in [6.07, 6.45) is 0. The van der Waals surface area contributed by atoms with Gasteiger partial charge in [-0.1, -0.05) is 49.0 Å². The molecule has 94 valence electrons. The van der Waals surface area contributed by atoms with E-state index in [0.29, 0.717) is 0 Å². The number of nitrogens with zero attached hydrogens (tertiary/aromatic N) is 2. The zero-order valence-corrected chi connectivity index (χ0v) is 11.0. The Kier molecular flexibility index (Phi) is 2.92. The molecule has 1 aromatic heterocycles. The van der Waals surface area contributed by atoms with Crippen molar-refractivity contribution in [3.8, 4) is 0 Å². The average molecular weight is 248 g/mol. The smallest absolute Gasteiger partial charge is 0.136 e. The average Bonchev–Trinajstić information content (AvgIpc) is 2.79. The minimum absolute atomic E-state index is 0.823. The van der Waals surface area contributed by atoms with Crippen LogP contribution in [0.25, 0.3) is 16.6 Å². The molecule has 2 nitrogen and oxygen atoms in total. The van der Waals surface area contributed by atoms with Gasteiger partial charge < -0.3 is 4.57 Å². The van der Waals surface area contributed by atoms with Gasteiger partial charge in [0.15, 0.2) is 0 Å². The quantitative estimate of drug-likeness (QED) is 0.681. The van der Waals surface area contributed by atoms with Gasteiger partial charge in [-0.2, -0.15) is 0 Å². The van der Waals surface area contributed by atoms with Crippen molar-refractivity contribution in [2.75, 3.05) is 0 Å². The molecule has 0 unspecified atom stereocenters. The van der Waals surface area contributed by atoms with Gasteiger partial charge in [-0.15, -0.1) is 0 Å². The number of fused-ring (bicyclic) bond motifs is 1. The van der Waals surface area contributed by atoms with Crippen molar-refractivity contribution < 1.29 is 0 Å². The number of aromatic nitrogens is 2. The third-order valence-corrected chi connectivity index (χ3v) is 3.22. The van der Waals surface area contributed by atoms with Gasteiger partial charge in [-0.3, -0.25) is 0 Å². The van der Waals surface area contributed by atoms with Gasteiger partial charge in [0, 0.05) is 6.54 Å². The molecule has 0 aliphatic heterocycles. The van der Waals surface area contributed by atoms with Gasteiger partial charge in [-0.25, -0.2) is 4.98 Å². The first-order chi connectivity index (χ1) is 9.25. The summed E-state index contributed by atoms with van der Waals surface area (Å²) in [5.74, 6) is 0.963. The van der Waals surface area contributed by atoms with Crippen LogP contribution in [0.2, 0.25) is 0 Å². The Balaban J connectivity index is 2.15. The van der Waals surface area contributed by atoms with Crippen molar-refractivity contribution in [3.05, 3.63) is 72.6 Å². The fourth-order valence-corrected chi connectivity index (χ4v) is 2.33. The van der Waals surface area contributed by atoms with E-state index in [2.05, 4.69) is 46.5 Å². The second-order valence-electron chi connectivity index (χ2n) is 4.78. The van der Waals surface area contributed by atoms with Crippen LogP contribution in [0.5, 0.6) is 0 Å². The summed E-state index contributed by atoms with van der Waals surface area (Å²) in [7, 11) is 0. The largest absolute Gasteiger partial charge is 0.320 e. The zero-order valence-electron chi connectivity index (χ0n) is 11.0. The van der Waals surface area contributed by atoms with Gasteiger partial charge in [0.25, 0.3) is 0 Å². The molecular weight excluding hydrogens is 232 g/mol. The number of benzene rings is 2. The minimum atomic E-state index is 0.823. The van der Waals surface area contributed by atoms with Crippen molar-refractivity contribution in [1.29, 1.82) is 0 Å². The molecule has 2 aromatic carbocycles. The molecule has 0 aliphatic rings. The molecule has 0 radical (unpaired) electrons. The number of hydrogen-bond acceptors (Lipinski definition) is 1. The van der Waals surface area contributed by atoms with E-state index in [4.69, 9.17) is 0 Å². The van der Waals surface area contributed by atoms with Gasteiger partial charge in [0.05, 0.1) is 11.0 Å². The maximum Gasteiger partial charge on any atom is 0.136 e. The summed E-state index contributed by atoms with van der Waals surface area (Å²) < 4.78 is 2.23. The van der Waals surface area contributed by atoms with E-state index in [1.807, 2.05) is 31.2 Å². The van der Waals surface area contributed by atoms with Crippen LogP contribution < -0.4 is 0 Å². The predicted molar refractivity (Wildman–Crippen MR) is 80.0 cm³/mol. The first-order valence-electron chi connectivity index (χ1n) is 6.41. The highest BCUT2D eigenvalue weighted by Gasteiger charge is 2.10. The molecular formula is C17H16N2. The van der Waals surface area contributed by atoms with Crippen LogP contribution in [0.15, 0.2) is 61.2 Å². The summed E-state index contributed by atoms with van der Waals surface area (Å²) in [6, 6.07) is 18.7. The number of imidazole rings is 1. The summed E-state index contributed by atoms with van der Waals surface area (Å²) in [6.45, 7) is 6.87. The zero-order chi connectivity index (χ0) is 13.2. The minimum Gasteiger partial charge on any atom is -0.320 e. The molecule has 1 heterocycles. The molecule has 0 saturated carbocycles. The maximum atomic E-state index is 4.67. The van der Waals surface area contributed by atoms with Crippen molar-refractivity contribution in [2.45, 2.75) is 13.5 Å². The van der Waals surface area contributed by atoms with Crippen LogP contribution in [0, 0.1) is 0 Å². The topological polar surface area (TPSA) is 17.8 Å². The fourth-order valence-electron chi connectivity index (χ4n) is 2.33. The van der Waals surface area contributed by atoms with Crippen molar-refractivity contribution in [1.82, 2.24) is 9.55 Å². The molecule has 0 bridgehead atoms. The fraction of sp³-hybridized carbons (Fsp3) is 0.118. The highest BCUT2D eigenvalue weighted by molar-refractivity contribution is 5.79. The normalized spacial score (nSPS) is 10.8. The van der Waals surface area contributed by atoms with Crippen molar-refractivity contribution >= 4 is 16.6 Å². The molecule has 0 N–H and O–H groups in total. The van der Waals surface area contributed by atoms with Gasteiger partial charge >= 0.3 is 0 Å². The number of rotatable bonds is 3. The molecule has 3 rings (SSSR count). The summed E-state index contributed by atoms with van der Waals surface area (Å²) >= 11 is 0. The third kappa shape index (κ3) is 2.17. The molecule has 19 heavy (non-hydrogen) atoms. The molecule has 0 saturated heterocycles. The lowest BCUT2D eigenvalue weighted by Gasteiger charge is -2.09. The first kappa shape index (κ1) is 11.7. The number of hydrogen-bond donors (Lipinski definition) is 0. The molecule has 0 atom stereocenters. The van der Waals surface area contributed by atoms with Crippen LogP contribution in [-0.4, -0.2) is 9.55 Å². The Labute approximate surface area is 113 Å². The van der Waals surface area contributed by atoms with Gasteiger partial charge in [-0.05, 0) is 30.2 Å². The van der Waals surface area contributed by atoms with Crippen LogP contribution in [-0.2, 0) is 6.54 Å². The second kappa shape index (κ2) is 4.73. The van der Waals surface area contributed by atoms with E-state index >= 15 is 0 Å². The highest BCUT2D eigenvalue weighted by Crippen LogP contribution is 2.21. The molecule has 2 heteroatoms. The lowest BCUT2D eigenvalue weighted by Crippen LogP contribution is -2.03. The lowest BCUT2D eigenvalue weighted by molar-refractivity contribution is 0.808. The lowest BCUT2D eigenvalue weighted by atomic mass is 10.2. The van der Waals surface area contributed by atoms with Crippen molar-refractivity contribution in [2.24, 2.45) is 0 Å². The van der Waals surface area contributed by atoms with Crippen molar-refractivity contribution in [3.63, 3.8) is 0 Å². The van der Waals surface area contributed by atoms with Crippen LogP contribution >= 0.6 is 0 Å². The van der Waals surface area contributed by atoms with Crippen LogP contribution in [0.4, 0.5) is 0 Å². The summed E-state index contributed by atoms with van der Waals surface area (Å²) in [4.78, 5) is 4.67. The number of allylic oxidation sites excluding steroid dienone is 1. The predicted octanol–water partition coefficient (Wildman–Crippen LogP) is 4.12. The van der Waals surface area contributed by atoms with E-state index in [0.717, 1.165) is 29.0 Å². The van der Waals surface area contributed by atoms with Gasteiger partial charge in [0.2, 0.25) is 0 Å². The molecule has 0 amide bonds. The number of para-hydroxylation sites is 2. The Morgan fingerprint density at radius 2 is 1.74 bits per heavy atom. The Morgan fingerprint density at radius 1 is 1.05 bits per heavy atom. The molecule has 0 aliphatic carbocycles. The van der Waals surface area contributed by atoms with Crippen LogP contribution in [0.3, 0.4) is 0 Å². The van der Waals surface area contributed by atoms with E-state index in [-0.39, 0.29) is 0 Å². The Morgan fingerprint density at radius 3 is 2.47 bits per heavy atom. The standard InChI is InChI=1S/C17H16N2/c1-13(2)17-18-15-10-6-7-11-16(15)19(17)12-14-8-4-3-5-9-14/h3-11H,1,12H2,2H3. The highest BCUT2D eigenvalue weighted by atomic mass is 15.1. The van der Waals surface area contributed by atoms with E-state index in [1.54, 1.807) is 0 Å². The maximum absolute atomic E-state index is 4.67. The molecule has 0 fully saturated rings. The SMILES string of the molecule is C=C(C)c1nc2ccccc2n1Cc1ccccc1. The second-order valence-corrected chi connectivity index (χ2v) is 4.78. The Hall–Kier alpha value is -2.35. The molecule has 0 spiro atoms.